The Hall–Kier alpha value is -2.73. The Balaban J connectivity index is 1.60. The number of morpholine rings is 1. The number of para-hydroxylation sites is 1. The first-order valence-electron chi connectivity index (χ1n) is 9.21. The lowest BCUT2D eigenvalue weighted by molar-refractivity contribution is -0.149. The van der Waals surface area contributed by atoms with Crippen molar-refractivity contribution >= 4 is 17.5 Å². The van der Waals surface area contributed by atoms with E-state index < -0.39 is 5.60 Å². The van der Waals surface area contributed by atoms with E-state index in [1.807, 2.05) is 61.2 Å². The normalized spacial score (nSPS) is 25.3. The molecular formula is C21H23N3O3. The van der Waals surface area contributed by atoms with Gasteiger partial charge in [-0.05, 0) is 44.0 Å². The Labute approximate surface area is 158 Å². The maximum absolute atomic E-state index is 13.0. The van der Waals surface area contributed by atoms with Gasteiger partial charge in [-0.25, -0.2) is 0 Å². The number of anilines is 1. The van der Waals surface area contributed by atoms with Crippen molar-refractivity contribution < 1.29 is 14.3 Å². The molecule has 2 aliphatic heterocycles. The highest BCUT2D eigenvalue weighted by atomic mass is 16.5. The topological polar surface area (TPSA) is 62.7 Å². The van der Waals surface area contributed by atoms with Crippen LogP contribution in [0.3, 0.4) is 0 Å². The molecule has 2 amide bonds. The fourth-order valence-corrected chi connectivity index (χ4v) is 4.11. The van der Waals surface area contributed by atoms with Gasteiger partial charge >= 0.3 is 0 Å². The van der Waals surface area contributed by atoms with Crippen LogP contribution in [0.4, 0.5) is 5.69 Å². The number of benzene rings is 1. The van der Waals surface area contributed by atoms with Crippen molar-refractivity contribution in [3.05, 3.63) is 59.9 Å². The van der Waals surface area contributed by atoms with Crippen LogP contribution < -0.4 is 4.90 Å². The summed E-state index contributed by atoms with van der Waals surface area (Å²) >= 11 is 0. The largest absolute Gasteiger partial charge is 0.361 e. The van der Waals surface area contributed by atoms with E-state index in [0.29, 0.717) is 25.2 Å². The lowest BCUT2D eigenvalue weighted by atomic mass is 9.85. The number of aryl methyl sites for hydroxylation is 1. The third kappa shape index (κ3) is 3.10. The van der Waals surface area contributed by atoms with Gasteiger partial charge in [0.1, 0.15) is 17.9 Å². The van der Waals surface area contributed by atoms with E-state index >= 15 is 0 Å². The molecule has 3 heterocycles. The molecule has 6 nitrogen and oxygen atoms in total. The lowest BCUT2D eigenvalue weighted by Gasteiger charge is -2.52. The van der Waals surface area contributed by atoms with Crippen LogP contribution in [0.1, 0.15) is 29.4 Å². The molecule has 0 N–H and O–H groups in total. The second-order valence-electron chi connectivity index (χ2n) is 7.40. The van der Waals surface area contributed by atoms with Crippen LogP contribution in [-0.2, 0) is 9.53 Å². The minimum absolute atomic E-state index is 0.0204. The predicted octanol–water partition coefficient (Wildman–Crippen LogP) is 2.43. The van der Waals surface area contributed by atoms with Crippen molar-refractivity contribution in [2.24, 2.45) is 0 Å². The van der Waals surface area contributed by atoms with Crippen LogP contribution in [-0.4, -0.2) is 53.0 Å². The summed E-state index contributed by atoms with van der Waals surface area (Å²) in [6.07, 6.45) is 2.30. The highest BCUT2D eigenvalue weighted by Crippen LogP contribution is 2.36. The quantitative estimate of drug-likeness (QED) is 0.820. The van der Waals surface area contributed by atoms with Crippen LogP contribution in [0.2, 0.25) is 0 Å². The number of piperidine rings is 1. The zero-order chi connectivity index (χ0) is 19.0. The minimum atomic E-state index is -0.611. The second-order valence-corrected chi connectivity index (χ2v) is 7.40. The van der Waals surface area contributed by atoms with Gasteiger partial charge in [0, 0.05) is 18.4 Å². The molecule has 0 spiro atoms. The summed E-state index contributed by atoms with van der Waals surface area (Å²) in [7, 11) is 0. The molecule has 1 aromatic heterocycles. The molecule has 4 rings (SSSR count). The highest BCUT2D eigenvalue weighted by Gasteiger charge is 2.50. The number of likely N-dealkylation sites (tertiary alicyclic amines) is 1. The molecule has 27 heavy (non-hydrogen) atoms. The average Bonchev–Trinajstić information content (AvgIpc) is 2.68. The van der Waals surface area contributed by atoms with Crippen molar-refractivity contribution in [1.29, 1.82) is 0 Å². The van der Waals surface area contributed by atoms with Gasteiger partial charge in [-0.15, -0.1) is 0 Å². The van der Waals surface area contributed by atoms with Gasteiger partial charge in [0.2, 0.25) is 0 Å². The standard InChI is InChI=1S/C21H23N3O3/c1-15-7-6-11-22-19(15)20(26)23-12-10-17-21(2,14-23)27-13-18(25)24(17)16-8-4-3-5-9-16/h3-9,11,17H,10,12-14H2,1-2H3/t17-,21-/m1/s1. The fraction of sp³-hybridized carbons (Fsp3) is 0.381. The first kappa shape index (κ1) is 17.7. The Morgan fingerprint density at radius 3 is 2.74 bits per heavy atom. The van der Waals surface area contributed by atoms with Gasteiger partial charge in [-0.1, -0.05) is 24.3 Å². The van der Waals surface area contributed by atoms with Crippen LogP contribution in [0.5, 0.6) is 0 Å². The Bertz CT molecular complexity index is 870. The molecule has 2 aliphatic rings. The summed E-state index contributed by atoms with van der Waals surface area (Å²) in [5, 5.41) is 0. The summed E-state index contributed by atoms with van der Waals surface area (Å²) in [4.78, 5) is 33.5. The molecule has 1 aromatic carbocycles. The van der Waals surface area contributed by atoms with Crippen molar-refractivity contribution in [2.75, 3.05) is 24.6 Å². The van der Waals surface area contributed by atoms with E-state index in [1.165, 1.54) is 0 Å². The van der Waals surface area contributed by atoms with E-state index in [9.17, 15) is 9.59 Å². The highest BCUT2D eigenvalue weighted by molar-refractivity contribution is 5.96. The number of aromatic nitrogens is 1. The second kappa shape index (κ2) is 6.78. The van der Waals surface area contributed by atoms with Gasteiger partial charge in [0.25, 0.3) is 11.8 Å². The van der Waals surface area contributed by atoms with Crippen molar-refractivity contribution in [2.45, 2.75) is 31.9 Å². The van der Waals surface area contributed by atoms with Gasteiger partial charge in [-0.2, -0.15) is 0 Å². The first-order chi connectivity index (χ1) is 13.0. The maximum atomic E-state index is 13.0. The molecule has 0 bridgehead atoms. The monoisotopic (exact) mass is 365 g/mol. The van der Waals surface area contributed by atoms with E-state index in [1.54, 1.807) is 11.1 Å². The number of hydrogen-bond donors (Lipinski definition) is 0. The molecule has 0 saturated carbocycles. The Kier molecular flexibility index (Phi) is 4.44. The zero-order valence-electron chi connectivity index (χ0n) is 15.6. The molecular weight excluding hydrogens is 342 g/mol. The van der Waals surface area contributed by atoms with E-state index in [0.717, 1.165) is 11.3 Å². The summed E-state index contributed by atoms with van der Waals surface area (Å²) in [6, 6.07) is 13.3. The number of amides is 2. The smallest absolute Gasteiger partial charge is 0.272 e. The molecule has 6 heteroatoms. The number of rotatable bonds is 2. The maximum Gasteiger partial charge on any atom is 0.272 e. The SMILES string of the molecule is Cc1cccnc1C(=O)N1CC[C@H]2N(c3ccccc3)C(=O)CO[C@]2(C)C1. The Morgan fingerprint density at radius 2 is 2.00 bits per heavy atom. The van der Waals surface area contributed by atoms with E-state index in [2.05, 4.69) is 4.98 Å². The number of nitrogens with zero attached hydrogens (tertiary/aromatic N) is 3. The summed E-state index contributed by atoms with van der Waals surface area (Å²) in [5.41, 5.74) is 1.61. The Morgan fingerprint density at radius 1 is 1.22 bits per heavy atom. The van der Waals surface area contributed by atoms with Crippen molar-refractivity contribution in [1.82, 2.24) is 9.88 Å². The number of carbonyl (C=O) groups excluding carboxylic acids is 2. The number of carbonyl (C=O) groups is 2. The van der Waals surface area contributed by atoms with Gasteiger partial charge in [0.15, 0.2) is 0 Å². The fourth-order valence-electron chi connectivity index (χ4n) is 4.11. The molecule has 0 radical (unpaired) electrons. The zero-order valence-corrected chi connectivity index (χ0v) is 15.6. The van der Waals surface area contributed by atoms with Crippen LogP contribution in [0.25, 0.3) is 0 Å². The molecule has 140 valence electrons. The van der Waals surface area contributed by atoms with Gasteiger partial charge in [-0.3, -0.25) is 14.6 Å². The lowest BCUT2D eigenvalue weighted by Crippen LogP contribution is -2.68. The molecule has 2 aromatic rings. The van der Waals surface area contributed by atoms with E-state index in [-0.39, 0.29) is 24.5 Å². The average molecular weight is 365 g/mol. The predicted molar refractivity (Wildman–Crippen MR) is 102 cm³/mol. The van der Waals surface area contributed by atoms with Gasteiger partial charge < -0.3 is 14.5 Å². The summed E-state index contributed by atoms with van der Waals surface area (Å²) < 4.78 is 5.97. The van der Waals surface area contributed by atoms with Crippen molar-refractivity contribution in [3.63, 3.8) is 0 Å². The molecule has 0 aliphatic carbocycles. The molecule has 2 saturated heterocycles. The molecule has 2 atom stereocenters. The molecule has 2 fully saturated rings. The van der Waals surface area contributed by atoms with Crippen molar-refractivity contribution in [3.8, 4) is 0 Å². The number of pyridine rings is 1. The van der Waals surface area contributed by atoms with Crippen LogP contribution >= 0.6 is 0 Å². The minimum Gasteiger partial charge on any atom is -0.361 e. The van der Waals surface area contributed by atoms with Crippen LogP contribution in [0.15, 0.2) is 48.7 Å². The summed E-state index contributed by atoms with van der Waals surface area (Å²) in [6.45, 7) is 4.90. The van der Waals surface area contributed by atoms with Crippen LogP contribution in [0, 0.1) is 6.92 Å². The number of hydrogen-bond acceptors (Lipinski definition) is 4. The summed E-state index contributed by atoms with van der Waals surface area (Å²) in [5.74, 6) is -0.122. The van der Waals surface area contributed by atoms with Gasteiger partial charge in [0.05, 0.1) is 12.6 Å². The third-order valence-electron chi connectivity index (χ3n) is 5.52. The first-order valence-corrected chi connectivity index (χ1v) is 9.21. The number of ether oxygens (including phenoxy) is 1. The molecule has 0 unspecified atom stereocenters. The third-order valence-corrected chi connectivity index (χ3v) is 5.52. The van der Waals surface area contributed by atoms with E-state index in [4.69, 9.17) is 4.74 Å². The number of fused-ring (bicyclic) bond motifs is 1.